The lowest BCUT2D eigenvalue weighted by atomic mass is 10.1. The van der Waals surface area contributed by atoms with Crippen molar-refractivity contribution in [1.29, 1.82) is 0 Å². The van der Waals surface area contributed by atoms with Crippen LogP contribution in [0.4, 0.5) is 0 Å². The van der Waals surface area contributed by atoms with E-state index < -0.39 is 0 Å². The molecule has 1 heterocycles. The Labute approximate surface area is 126 Å². The summed E-state index contributed by atoms with van der Waals surface area (Å²) in [4.78, 5) is 13.9. The van der Waals surface area contributed by atoms with Crippen LogP contribution in [0, 0.1) is 5.92 Å². The van der Waals surface area contributed by atoms with Gasteiger partial charge in [0.05, 0.1) is 6.61 Å². The van der Waals surface area contributed by atoms with Crippen molar-refractivity contribution in [3.8, 4) is 5.75 Å². The van der Waals surface area contributed by atoms with Crippen LogP contribution in [0.2, 0.25) is 0 Å². The van der Waals surface area contributed by atoms with Gasteiger partial charge >= 0.3 is 0 Å². The fourth-order valence-electron chi connectivity index (χ4n) is 2.64. The molecule has 2 N–H and O–H groups in total. The van der Waals surface area contributed by atoms with E-state index in [1.54, 1.807) is 0 Å². The molecule has 1 aromatic rings. The first-order valence-electron chi connectivity index (χ1n) is 7.46. The second-order valence-electron chi connectivity index (χ2n) is 5.45. The Morgan fingerprint density at radius 2 is 2.10 bits per heavy atom. The SMILES string of the molecule is CC1CC(CN)CN1C(=O)COCCOc1ccccc1. The molecule has 21 heavy (non-hydrogen) atoms. The smallest absolute Gasteiger partial charge is 0.248 e. The summed E-state index contributed by atoms with van der Waals surface area (Å²) in [5, 5.41) is 0. The Morgan fingerprint density at radius 1 is 1.33 bits per heavy atom. The van der Waals surface area contributed by atoms with Gasteiger partial charge in [0.15, 0.2) is 0 Å². The zero-order valence-electron chi connectivity index (χ0n) is 12.5. The summed E-state index contributed by atoms with van der Waals surface area (Å²) in [7, 11) is 0. The largest absolute Gasteiger partial charge is 0.491 e. The highest BCUT2D eigenvalue weighted by Gasteiger charge is 2.31. The molecular formula is C16H24N2O3. The number of hydrogen-bond acceptors (Lipinski definition) is 4. The molecule has 2 unspecified atom stereocenters. The Hall–Kier alpha value is -1.59. The first kappa shape index (κ1) is 15.8. The quantitative estimate of drug-likeness (QED) is 0.769. The molecule has 1 aromatic carbocycles. The number of nitrogens with two attached hydrogens (primary N) is 1. The topological polar surface area (TPSA) is 64.8 Å². The van der Waals surface area contributed by atoms with Gasteiger partial charge in [-0.3, -0.25) is 4.79 Å². The number of hydrogen-bond donors (Lipinski definition) is 1. The molecule has 1 aliphatic heterocycles. The summed E-state index contributed by atoms with van der Waals surface area (Å²) < 4.78 is 10.9. The number of benzene rings is 1. The third kappa shape index (κ3) is 4.72. The zero-order chi connectivity index (χ0) is 15.1. The van der Waals surface area contributed by atoms with Crippen molar-refractivity contribution < 1.29 is 14.3 Å². The van der Waals surface area contributed by atoms with Gasteiger partial charge in [0.2, 0.25) is 5.91 Å². The number of likely N-dealkylation sites (tertiary alicyclic amines) is 1. The predicted molar refractivity (Wildman–Crippen MR) is 81.1 cm³/mol. The summed E-state index contributed by atoms with van der Waals surface area (Å²) in [6, 6.07) is 9.82. The molecule has 5 nitrogen and oxygen atoms in total. The molecule has 5 heteroatoms. The molecule has 1 amide bonds. The van der Waals surface area contributed by atoms with Gasteiger partial charge in [0.25, 0.3) is 0 Å². The van der Waals surface area contributed by atoms with Crippen LogP contribution < -0.4 is 10.5 Å². The Balaban J connectivity index is 1.61. The van der Waals surface area contributed by atoms with Gasteiger partial charge in [-0.2, -0.15) is 0 Å². The average molecular weight is 292 g/mol. The number of rotatable bonds is 7. The number of nitrogens with zero attached hydrogens (tertiary/aromatic N) is 1. The first-order chi connectivity index (χ1) is 10.2. The molecule has 0 saturated carbocycles. The third-order valence-electron chi connectivity index (χ3n) is 3.78. The van der Waals surface area contributed by atoms with Crippen molar-refractivity contribution in [2.24, 2.45) is 11.7 Å². The lowest BCUT2D eigenvalue weighted by Gasteiger charge is -2.21. The highest BCUT2D eigenvalue weighted by Crippen LogP contribution is 2.21. The summed E-state index contributed by atoms with van der Waals surface area (Å²) in [6.45, 7) is 4.41. The van der Waals surface area contributed by atoms with Gasteiger partial charge < -0.3 is 20.1 Å². The maximum absolute atomic E-state index is 12.1. The molecule has 0 spiro atoms. The fourth-order valence-corrected chi connectivity index (χ4v) is 2.64. The number of para-hydroxylation sites is 1. The number of amides is 1. The van der Waals surface area contributed by atoms with Crippen LogP contribution >= 0.6 is 0 Å². The van der Waals surface area contributed by atoms with Crippen LogP contribution in [0.15, 0.2) is 30.3 Å². The molecular weight excluding hydrogens is 268 g/mol. The van der Waals surface area contributed by atoms with E-state index in [1.807, 2.05) is 35.2 Å². The van der Waals surface area contributed by atoms with Crippen molar-refractivity contribution in [3.63, 3.8) is 0 Å². The monoisotopic (exact) mass is 292 g/mol. The lowest BCUT2D eigenvalue weighted by Crippen LogP contribution is -2.37. The minimum atomic E-state index is 0.0400. The van der Waals surface area contributed by atoms with Crippen molar-refractivity contribution >= 4 is 5.91 Å². The molecule has 1 saturated heterocycles. The molecule has 0 aromatic heterocycles. The maximum atomic E-state index is 12.1. The van der Waals surface area contributed by atoms with Gasteiger partial charge in [0.1, 0.15) is 19.0 Å². The molecule has 116 valence electrons. The minimum Gasteiger partial charge on any atom is -0.491 e. The summed E-state index contributed by atoms with van der Waals surface area (Å²) >= 11 is 0. The van der Waals surface area contributed by atoms with E-state index in [9.17, 15) is 4.79 Å². The summed E-state index contributed by atoms with van der Waals surface area (Å²) in [6.07, 6.45) is 0.985. The van der Waals surface area contributed by atoms with Crippen molar-refractivity contribution in [1.82, 2.24) is 4.90 Å². The van der Waals surface area contributed by atoms with E-state index in [0.717, 1.165) is 18.7 Å². The molecule has 1 aliphatic rings. The molecule has 2 atom stereocenters. The van der Waals surface area contributed by atoms with Gasteiger partial charge in [0, 0.05) is 12.6 Å². The maximum Gasteiger partial charge on any atom is 0.248 e. The van der Waals surface area contributed by atoms with Crippen molar-refractivity contribution in [2.75, 3.05) is 32.9 Å². The average Bonchev–Trinajstić information content (AvgIpc) is 2.89. The van der Waals surface area contributed by atoms with Crippen LogP contribution in [0.5, 0.6) is 5.75 Å². The van der Waals surface area contributed by atoms with Gasteiger partial charge in [-0.1, -0.05) is 18.2 Å². The number of ether oxygens (including phenoxy) is 2. The second kappa shape index (κ2) is 8.00. The molecule has 2 rings (SSSR count). The van der Waals surface area contributed by atoms with E-state index in [-0.39, 0.29) is 18.6 Å². The molecule has 0 aliphatic carbocycles. The summed E-state index contributed by atoms with van der Waals surface area (Å²) in [5.41, 5.74) is 5.67. The van der Waals surface area contributed by atoms with E-state index >= 15 is 0 Å². The second-order valence-corrected chi connectivity index (χ2v) is 5.45. The Kier molecular flexibility index (Phi) is 6.02. The fraction of sp³-hybridized carbons (Fsp3) is 0.562. The molecule has 0 radical (unpaired) electrons. The Morgan fingerprint density at radius 3 is 2.76 bits per heavy atom. The minimum absolute atomic E-state index is 0.0400. The zero-order valence-corrected chi connectivity index (χ0v) is 12.5. The van der Waals surface area contributed by atoms with E-state index in [1.165, 1.54) is 0 Å². The Bertz CT molecular complexity index is 438. The molecule has 0 bridgehead atoms. The van der Waals surface area contributed by atoms with Crippen LogP contribution in [0.25, 0.3) is 0 Å². The van der Waals surface area contributed by atoms with Crippen LogP contribution in [0.3, 0.4) is 0 Å². The van der Waals surface area contributed by atoms with E-state index in [4.69, 9.17) is 15.2 Å². The van der Waals surface area contributed by atoms with E-state index in [2.05, 4.69) is 6.92 Å². The molecule has 1 fully saturated rings. The highest BCUT2D eigenvalue weighted by atomic mass is 16.5. The summed E-state index contributed by atoms with van der Waals surface area (Å²) in [5.74, 6) is 1.27. The van der Waals surface area contributed by atoms with Gasteiger partial charge in [-0.15, -0.1) is 0 Å². The van der Waals surface area contributed by atoms with Crippen LogP contribution in [0.1, 0.15) is 13.3 Å². The van der Waals surface area contributed by atoms with Gasteiger partial charge in [-0.25, -0.2) is 0 Å². The van der Waals surface area contributed by atoms with Crippen molar-refractivity contribution in [3.05, 3.63) is 30.3 Å². The highest BCUT2D eigenvalue weighted by molar-refractivity contribution is 5.78. The third-order valence-corrected chi connectivity index (χ3v) is 3.78. The van der Waals surface area contributed by atoms with E-state index in [0.29, 0.717) is 25.7 Å². The normalized spacial score (nSPS) is 21.5. The van der Waals surface area contributed by atoms with Crippen molar-refractivity contribution in [2.45, 2.75) is 19.4 Å². The standard InChI is InChI=1S/C16H24N2O3/c1-13-9-14(10-17)11-18(13)16(19)12-20-7-8-21-15-5-3-2-4-6-15/h2-6,13-14H,7-12,17H2,1H3. The van der Waals surface area contributed by atoms with Crippen LogP contribution in [-0.4, -0.2) is 49.8 Å². The lowest BCUT2D eigenvalue weighted by molar-refractivity contribution is -0.137. The predicted octanol–water partition coefficient (Wildman–Crippen LogP) is 1.28. The first-order valence-corrected chi connectivity index (χ1v) is 7.46. The number of carbonyl (C=O) groups excluding carboxylic acids is 1. The van der Waals surface area contributed by atoms with Crippen LogP contribution in [-0.2, 0) is 9.53 Å². The number of carbonyl (C=O) groups is 1. The van der Waals surface area contributed by atoms with Gasteiger partial charge in [-0.05, 0) is 37.9 Å².